The van der Waals surface area contributed by atoms with Gasteiger partial charge in [0.05, 0.1) is 12.6 Å². The van der Waals surface area contributed by atoms with Crippen LogP contribution in [0.3, 0.4) is 0 Å². The number of rotatable bonds is 3. The molecule has 5 nitrogen and oxygen atoms in total. The molecule has 24 heavy (non-hydrogen) atoms. The van der Waals surface area contributed by atoms with Crippen molar-refractivity contribution in [2.24, 2.45) is 5.10 Å². The maximum atomic E-state index is 4.60. The molecule has 122 valence electrons. The zero-order chi connectivity index (χ0) is 15.7. The predicted molar refractivity (Wildman–Crippen MR) is 93.9 cm³/mol. The van der Waals surface area contributed by atoms with Crippen LogP contribution in [0, 0.1) is 0 Å². The Kier molecular flexibility index (Phi) is 4.77. The molecule has 1 unspecified atom stereocenters. The zero-order valence-electron chi connectivity index (χ0n) is 13.0. The standard InChI is InChI=1S/C17H16N5S.BrH/c1-21-20-19-16(14-8-4-2-5-9-14)22(21,17-18-12-13-23-17)15-10-6-3-7-11-15;/h2-13,20H,1H3;1H/q+1;/p-1. The number of hydrazine groups is 1. The molecule has 7 heteroatoms. The van der Waals surface area contributed by atoms with Gasteiger partial charge in [-0.05, 0) is 17.3 Å². The normalized spacial score (nSPS) is 20.1. The number of halogens is 1. The molecular weight excluding hydrogens is 386 g/mol. The van der Waals surface area contributed by atoms with Crippen LogP contribution in [0.1, 0.15) is 5.56 Å². The van der Waals surface area contributed by atoms with Gasteiger partial charge in [-0.3, -0.25) is 0 Å². The van der Waals surface area contributed by atoms with Crippen LogP contribution in [0.5, 0.6) is 0 Å². The number of quaternary nitrogens is 1. The molecule has 0 saturated carbocycles. The van der Waals surface area contributed by atoms with Gasteiger partial charge in [-0.15, -0.1) is 5.10 Å². The lowest BCUT2D eigenvalue weighted by molar-refractivity contribution is -0.00000467. The number of hydrazone groups is 1. The molecule has 1 atom stereocenters. The minimum absolute atomic E-state index is 0. The summed E-state index contributed by atoms with van der Waals surface area (Å²) in [7, 11) is 1.98. The van der Waals surface area contributed by atoms with E-state index >= 15 is 0 Å². The predicted octanol–water partition coefficient (Wildman–Crippen LogP) is 0.513. The SMILES string of the molecule is CN1NN=C(c2ccccc2)[N+]1(c1ccccc1)c1nccs1.[Br-]. The van der Waals surface area contributed by atoms with E-state index in [1.165, 1.54) is 0 Å². The summed E-state index contributed by atoms with van der Waals surface area (Å²) in [5.41, 5.74) is 5.25. The minimum Gasteiger partial charge on any atom is -1.00 e. The van der Waals surface area contributed by atoms with Crippen molar-refractivity contribution in [3.63, 3.8) is 0 Å². The van der Waals surface area contributed by atoms with Gasteiger partial charge < -0.3 is 17.0 Å². The summed E-state index contributed by atoms with van der Waals surface area (Å²) < 4.78 is 0.322. The molecule has 2 aromatic carbocycles. The van der Waals surface area contributed by atoms with Crippen molar-refractivity contribution in [3.05, 3.63) is 77.8 Å². The summed E-state index contributed by atoms with van der Waals surface area (Å²) in [6, 6.07) is 20.5. The Balaban J connectivity index is 0.00000169. The number of thiazole rings is 1. The van der Waals surface area contributed by atoms with Crippen LogP contribution in [0.2, 0.25) is 0 Å². The van der Waals surface area contributed by atoms with E-state index in [0.717, 1.165) is 22.2 Å². The highest BCUT2D eigenvalue weighted by Gasteiger charge is 2.52. The number of aromatic nitrogens is 1. The fourth-order valence-electron chi connectivity index (χ4n) is 2.88. The average Bonchev–Trinajstić information content (AvgIpc) is 3.25. The topological polar surface area (TPSA) is 40.5 Å². The quantitative estimate of drug-likeness (QED) is 0.650. The number of hydrogen-bond acceptors (Lipinski definition) is 5. The van der Waals surface area contributed by atoms with Crippen LogP contribution in [0.15, 0.2) is 77.3 Å². The van der Waals surface area contributed by atoms with Crippen molar-refractivity contribution in [2.75, 3.05) is 7.05 Å². The molecular formula is C17H16BrN5S. The molecule has 1 N–H and O–H groups in total. The van der Waals surface area contributed by atoms with E-state index in [-0.39, 0.29) is 17.0 Å². The van der Waals surface area contributed by atoms with Crippen molar-refractivity contribution in [3.8, 4) is 0 Å². The van der Waals surface area contributed by atoms with Gasteiger partial charge in [-0.1, -0.05) is 52.3 Å². The number of nitrogens with one attached hydrogen (secondary N) is 1. The number of nitrogens with zero attached hydrogens (tertiary/aromatic N) is 4. The summed E-state index contributed by atoms with van der Waals surface area (Å²) >= 11 is 1.61. The van der Waals surface area contributed by atoms with Crippen LogP contribution >= 0.6 is 11.3 Å². The van der Waals surface area contributed by atoms with E-state index in [1.54, 1.807) is 11.3 Å². The molecule has 0 amide bonds. The van der Waals surface area contributed by atoms with Gasteiger partial charge in [0.1, 0.15) is 0 Å². The van der Waals surface area contributed by atoms with Gasteiger partial charge in [-0.25, -0.2) is 0 Å². The van der Waals surface area contributed by atoms with Gasteiger partial charge in [0, 0.05) is 23.7 Å². The minimum atomic E-state index is 0. The second-order valence-electron chi connectivity index (χ2n) is 5.21. The number of hydrogen-bond donors (Lipinski definition) is 1. The Bertz CT molecular complexity index is 823. The summed E-state index contributed by atoms with van der Waals surface area (Å²) in [6.07, 6.45) is 1.83. The van der Waals surface area contributed by atoms with Crippen LogP contribution in [-0.4, -0.2) is 23.0 Å². The zero-order valence-corrected chi connectivity index (χ0v) is 15.4. The summed E-state index contributed by atoms with van der Waals surface area (Å²) in [5.74, 6) is 0.897. The molecule has 1 aromatic heterocycles. The van der Waals surface area contributed by atoms with E-state index in [0.29, 0.717) is 4.59 Å². The maximum absolute atomic E-state index is 4.60. The Hall–Kier alpha value is -2.06. The second-order valence-corrected chi connectivity index (χ2v) is 6.08. The molecule has 0 fully saturated rings. The van der Waals surface area contributed by atoms with Crippen molar-refractivity contribution < 1.29 is 17.0 Å². The molecule has 0 aliphatic carbocycles. The van der Waals surface area contributed by atoms with E-state index in [9.17, 15) is 0 Å². The first-order chi connectivity index (χ1) is 11.3. The molecule has 3 aromatic rings. The first kappa shape index (κ1) is 16.8. The highest BCUT2D eigenvalue weighted by Crippen LogP contribution is 2.41. The number of para-hydroxylation sites is 1. The largest absolute Gasteiger partial charge is 1.00 e. The summed E-state index contributed by atoms with van der Waals surface area (Å²) in [5, 5.41) is 9.50. The molecule has 1 aliphatic rings. The molecule has 1 aliphatic heterocycles. The van der Waals surface area contributed by atoms with E-state index < -0.39 is 0 Å². The smallest absolute Gasteiger partial charge is 0.319 e. The summed E-state index contributed by atoms with van der Waals surface area (Å²) in [6.45, 7) is 0. The molecule has 4 rings (SSSR count). The lowest BCUT2D eigenvalue weighted by Gasteiger charge is -2.33. The van der Waals surface area contributed by atoms with E-state index in [1.807, 2.05) is 60.1 Å². The van der Waals surface area contributed by atoms with Crippen LogP contribution in [-0.2, 0) is 0 Å². The maximum Gasteiger partial charge on any atom is 0.319 e. The lowest BCUT2D eigenvalue weighted by Crippen LogP contribution is -3.00. The molecule has 0 radical (unpaired) electrons. The summed E-state index contributed by atoms with van der Waals surface area (Å²) in [4.78, 5) is 4.60. The fraction of sp³-hybridized carbons (Fsp3) is 0.0588. The van der Waals surface area contributed by atoms with Crippen molar-refractivity contribution in [1.29, 1.82) is 0 Å². The van der Waals surface area contributed by atoms with Crippen molar-refractivity contribution in [1.82, 2.24) is 20.2 Å². The first-order valence-corrected chi connectivity index (χ1v) is 8.19. The Labute approximate surface area is 155 Å². The van der Waals surface area contributed by atoms with Crippen molar-refractivity contribution in [2.45, 2.75) is 0 Å². The van der Waals surface area contributed by atoms with E-state index in [2.05, 4.69) is 39.9 Å². The van der Waals surface area contributed by atoms with Gasteiger partial charge >= 0.3 is 5.13 Å². The average molecular weight is 402 g/mol. The van der Waals surface area contributed by atoms with Crippen LogP contribution < -0.4 is 27.1 Å². The number of amidine groups is 1. The third kappa shape index (κ3) is 2.46. The Morgan fingerprint density at radius 2 is 1.67 bits per heavy atom. The Morgan fingerprint density at radius 1 is 1.00 bits per heavy atom. The third-order valence-corrected chi connectivity index (χ3v) is 4.75. The van der Waals surface area contributed by atoms with Gasteiger partial charge in [-0.2, -0.15) is 10.5 Å². The van der Waals surface area contributed by atoms with Gasteiger partial charge in [0.15, 0.2) is 5.69 Å². The van der Waals surface area contributed by atoms with Crippen LogP contribution in [0.4, 0.5) is 10.8 Å². The third-order valence-electron chi connectivity index (χ3n) is 3.92. The van der Waals surface area contributed by atoms with Crippen molar-refractivity contribution >= 4 is 28.0 Å². The highest BCUT2D eigenvalue weighted by molar-refractivity contribution is 7.13. The van der Waals surface area contributed by atoms with Gasteiger partial charge in [0.25, 0.3) is 5.84 Å². The van der Waals surface area contributed by atoms with E-state index in [4.69, 9.17) is 0 Å². The Morgan fingerprint density at radius 3 is 2.29 bits per heavy atom. The van der Waals surface area contributed by atoms with Gasteiger partial charge in [0.2, 0.25) is 0 Å². The van der Waals surface area contributed by atoms with Crippen LogP contribution in [0.25, 0.3) is 0 Å². The monoisotopic (exact) mass is 401 g/mol. The molecule has 0 saturated heterocycles. The fourth-order valence-corrected chi connectivity index (χ4v) is 3.72. The molecule has 0 spiro atoms. The molecule has 2 heterocycles. The highest BCUT2D eigenvalue weighted by atomic mass is 79.9. The molecule has 0 bridgehead atoms. The second kappa shape index (κ2) is 6.82. The number of benzene rings is 2. The first-order valence-electron chi connectivity index (χ1n) is 7.32. The lowest BCUT2D eigenvalue weighted by atomic mass is 10.1.